The average Bonchev–Trinajstić information content (AvgIpc) is 3.14. The van der Waals surface area contributed by atoms with Gasteiger partial charge in [0.15, 0.2) is 0 Å². The second-order valence-electron chi connectivity index (χ2n) is 7.18. The Hall–Kier alpha value is -2.64. The van der Waals surface area contributed by atoms with Crippen LogP contribution in [0.15, 0.2) is 22.1 Å². The van der Waals surface area contributed by atoms with E-state index in [-0.39, 0.29) is 11.2 Å². The monoisotopic (exact) mass is 356 g/mol. The number of aryl methyl sites for hydroxylation is 2. The largest absolute Gasteiger partial charge is 0.367 e. The van der Waals surface area contributed by atoms with Crippen LogP contribution in [-0.2, 0) is 26.9 Å². The summed E-state index contributed by atoms with van der Waals surface area (Å²) >= 11 is 0. The number of piperidine rings is 1. The molecule has 2 aliphatic rings. The molecule has 1 N–H and O–H groups in total. The van der Waals surface area contributed by atoms with Gasteiger partial charge in [0.25, 0.3) is 5.56 Å². The summed E-state index contributed by atoms with van der Waals surface area (Å²) in [5.74, 6) is 0.976. The van der Waals surface area contributed by atoms with E-state index < -0.39 is 0 Å². The summed E-state index contributed by atoms with van der Waals surface area (Å²) in [5.41, 5.74) is 2.51. The van der Waals surface area contributed by atoms with Crippen LogP contribution in [0.2, 0.25) is 0 Å². The number of nitrogens with one attached hydrogen (secondary N) is 1. The highest BCUT2D eigenvalue weighted by atomic mass is 16.2. The van der Waals surface area contributed by atoms with E-state index in [1.54, 1.807) is 19.6 Å². The van der Waals surface area contributed by atoms with Gasteiger partial charge in [-0.05, 0) is 32.1 Å². The first-order valence-corrected chi connectivity index (χ1v) is 9.15. The summed E-state index contributed by atoms with van der Waals surface area (Å²) in [7, 11) is 3.20. The Bertz CT molecular complexity index is 940. The fourth-order valence-corrected chi connectivity index (χ4v) is 3.95. The molecule has 0 unspecified atom stereocenters. The summed E-state index contributed by atoms with van der Waals surface area (Å²) in [5, 5.41) is 3.58. The SMILES string of the molecule is Cn1cc(N2CCC(Nc3ncnc4c3CCC4)CC2)c(=O)n(C)c1=O. The van der Waals surface area contributed by atoms with E-state index in [0.717, 1.165) is 51.0 Å². The van der Waals surface area contributed by atoms with Gasteiger partial charge in [-0.15, -0.1) is 0 Å². The average molecular weight is 356 g/mol. The van der Waals surface area contributed by atoms with Crippen molar-refractivity contribution in [1.29, 1.82) is 0 Å². The Labute approximate surface area is 151 Å². The molecule has 8 nitrogen and oxygen atoms in total. The van der Waals surface area contributed by atoms with Crippen molar-refractivity contribution >= 4 is 11.5 Å². The molecule has 4 rings (SSSR count). The van der Waals surface area contributed by atoms with Crippen LogP contribution in [0.4, 0.5) is 11.5 Å². The summed E-state index contributed by atoms with van der Waals surface area (Å²) in [6.45, 7) is 1.55. The van der Waals surface area contributed by atoms with E-state index in [1.807, 2.05) is 0 Å². The van der Waals surface area contributed by atoms with Crippen molar-refractivity contribution < 1.29 is 0 Å². The van der Waals surface area contributed by atoms with Crippen LogP contribution >= 0.6 is 0 Å². The van der Waals surface area contributed by atoms with Crippen LogP contribution in [0.5, 0.6) is 0 Å². The molecule has 138 valence electrons. The van der Waals surface area contributed by atoms with Gasteiger partial charge in [-0.25, -0.2) is 14.8 Å². The highest BCUT2D eigenvalue weighted by molar-refractivity contribution is 5.49. The standard InChI is InChI=1S/C18H24N6O2/c1-22-10-15(17(25)23(2)18(22)26)24-8-6-12(7-9-24)21-16-13-4-3-5-14(13)19-11-20-16/h10-12H,3-9H2,1-2H3,(H,19,20,21). The van der Waals surface area contributed by atoms with E-state index in [0.29, 0.717) is 11.7 Å². The molecule has 1 fully saturated rings. The summed E-state index contributed by atoms with van der Waals surface area (Å²) in [6.07, 6.45) is 8.38. The van der Waals surface area contributed by atoms with E-state index >= 15 is 0 Å². The van der Waals surface area contributed by atoms with Crippen molar-refractivity contribution in [2.24, 2.45) is 14.1 Å². The molecular weight excluding hydrogens is 332 g/mol. The summed E-state index contributed by atoms with van der Waals surface area (Å²) in [4.78, 5) is 35.2. The molecule has 0 amide bonds. The van der Waals surface area contributed by atoms with E-state index in [1.165, 1.54) is 27.4 Å². The Morgan fingerprint density at radius 2 is 1.88 bits per heavy atom. The maximum absolute atomic E-state index is 12.4. The highest BCUT2D eigenvalue weighted by Gasteiger charge is 2.24. The first kappa shape index (κ1) is 16.8. The molecule has 2 aromatic heterocycles. The lowest BCUT2D eigenvalue weighted by Crippen LogP contribution is -2.45. The van der Waals surface area contributed by atoms with Crippen molar-refractivity contribution in [2.75, 3.05) is 23.3 Å². The van der Waals surface area contributed by atoms with E-state index in [9.17, 15) is 9.59 Å². The first-order valence-electron chi connectivity index (χ1n) is 9.15. The second-order valence-corrected chi connectivity index (χ2v) is 7.18. The lowest BCUT2D eigenvalue weighted by Gasteiger charge is -2.34. The molecule has 0 radical (unpaired) electrons. The van der Waals surface area contributed by atoms with Gasteiger partial charge in [-0.2, -0.15) is 0 Å². The fourth-order valence-electron chi connectivity index (χ4n) is 3.95. The first-order chi connectivity index (χ1) is 12.5. The molecule has 1 aliphatic heterocycles. The zero-order chi connectivity index (χ0) is 18.3. The molecule has 2 aromatic rings. The minimum absolute atomic E-state index is 0.229. The zero-order valence-electron chi connectivity index (χ0n) is 15.2. The van der Waals surface area contributed by atoms with Gasteiger partial charge in [0.05, 0.1) is 0 Å². The fraction of sp³-hybridized carbons (Fsp3) is 0.556. The number of hydrogen-bond donors (Lipinski definition) is 1. The maximum Gasteiger partial charge on any atom is 0.330 e. The van der Waals surface area contributed by atoms with Gasteiger partial charge < -0.3 is 14.8 Å². The zero-order valence-corrected chi connectivity index (χ0v) is 15.2. The normalized spacial score (nSPS) is 17.4. The highest BCUT2D eigenvalue weighted by Crippen LogP contribution is 2.27. The molecule has 0 bridgehead atoms. The molecular formula is C18H24N6O2. The van der Waals surface area contributed by atoms with Gasteiger partial charge in [-0.1, -0.05) is 0 Å². The van der Waals surface area contributed by atoms with Crippen LogP contribution in [0.1, 0.15) is 30.5 Å². The topological polar surface area (TPSA) is 85.1 Å². The van der Waals surface area contributed by atoms with Crippen LogP contribution in [0.3, 0.4) is 0 Å². The minimum Gasteiger partial charge on any atom is -0.367 e. The van der Waals surface area contributed by atoms with Gasteiger partial charge >= 0.3 is 5.69 Å². The quantitative estimate of drug-likeness (QED) is 0.859. The molecule has 0 atom stereocenters. The number of rotatable bonds is 3. The predicted molar refractivity (Wildman–Crippen MR) is 99.8 cm³/mol. The van der Waals surface area contributed by atoms with Gasteiger partial charge in [0.2, 0.25) is 0 Å². The van der Waals surface area contributed by atoms with Crippen molar-refractivity contribution in [1.82, 2.24) is 19.1 Å². The summed E-state index contributed by atoms with van der Waals surface area (Å²) in [6, 6.07) is 0.335. The number of nitrogens with zero attached hydrogens (tertiary/aromatic N) is 5. The Morgan fingerprint density at radius 3 is 2.65 bits per heavy atom. The van der Waals surface area contributed by atoms with Crippen LogP contribution in [0, 0.1) is 0 Å². The van der Waals surface area contributed by atoms with Gasteiger partial charge in [0, 0.05) is 50.7 Å². The smallest absolute Gasteiger partial charge is 0.330 e. The lowest BCUT2D eigenvalue weighted by atomic mass is 10.0. The van der Waals surface area contributed by atoms with Gasteiger partial charge in [0.1, 0.15) is 17.8 Å². The van der Waals surface area contributed by atoms with Crippen molar-refractivity contribution in [3.05, 3.63) is 44.6 Å². The van der Waals surface area contributed by atoms with Crippen molar-refractivity contribution in [3.8, 4) is 0 Å². The Balaban J connectivity index is 1.46. The van der Waals surface area contributed by atoms with Crippen LogP contribution in [-0.4, -0.2) is 38.2 Å². The maximum atomic E-state index is 12.4. The minimum atomic E-state index is -0.298. The number of fused-ring (bicyclic) bond motifs is 1. The Morgan fingerprint density at radius 1 is 1.12 bits per heavy atom. The molecule has 1 aliphatic carbocycles. The number of hydrogen-bond acceptors (Lipinski definition) is 6. The van der Waals surface area contributed by atoms with Crippen molar-refractivity contribution in [2.45, 2.75) is 38.1 Å². The van der Waals surface area contributed by atoms with Crippen LogP contribution in [0.25, 0.3) is 0 Å². The molecule has 0 spiro atoms. The number of anilines is 2. The molecule has 26 heavy (non-hydrogen) atoms. The van der Waals surface area contributed by atoms with E-state index in [2.05, 4.69) is 20.2 Å². The third kappa shape index (κ3) is 2.89. The number of aromatic nitrogens is 4. The van der Waals surface area contributed by atoms with Crippen molar-refractivity contribution in [3.63, 3.8) is 0 Å². The molecule has 0 aromatic carbocycles. The second kappa shape index (κ2) is 6.59. The van der Waals surface area contributed by atoms with Crippen LogP contribution < -0.4 is 21.5 Å². The molecule has 1 saturated heterocycles. The van der Waals surface area contributed by atoms with E-state index in [4.69, 9.17) is 0 Å². The third-order valence-corrected chi connectivity index (χ3v) is 5.48. The third-order valence-electron chi connectivity index (χ3n) is 5.48. The predicted octanol–water partition coefficient (Wildman–Crippen LogP) is 0.444. The molecule has 8 heteroatoms. The lowest BCUT2D eigenvalue weighted by molar-refractivity contribution is 0.519. The molecule has 3 heterocycles. The Kier molecular flexibility index (Phi) is 4.26. The molecule has 0 saturated carbocycles. The van der Waals surface area contributed by atoms with Gasteiger partial charge in [-0.3, -0.25) is 9.36 Å². The summed E-state index contributed by atoms with van der Waals surface area (Å²) < 4.78 is 2.63.